The summed E-state index contributed by atoms with van der Waals surface area (Å²) in [7, 11) is 1.67. The van der Waals surface area contributed by atoms with E-state index in [1.165, 1.54) is 0 Å². The summed E-state index contributed by atoms with van der Waals surface area (Å²) in [5.74, 6) is -0.341. The number of carbonyl (C=O) groups excluding carboxylic acids is 1. The first-order valence-electron chi connectivity index (χ1n) is 6.87. The van der Waals surface area contributed by atoms with Gasteiger partial charge in [-0.3, -0.25) is 4.79 Å². The highest BCUT2D eigenvalue weighted by Gasteiger charge is 2.13. The number of hydrogen-bond acceptors (Lipinski definition) is 3. The van der Waals surface area contributed by atoms with Crippen LogP contribution < -0.4 is 11.1 Å². The molecule has 0 bridgehead atoms. The number of anilines is 1. The number of amides is 1. The lowest BCUT2D eigenvalue weighted by atomic mass is 10.0. The van der Waals surface area contributed by atoms with Gasteiger partial charge < -0.3 is 15.8 Å². The van der Waals surface area contributed by atoms with Crippen LogP contribution in [0.3, 0.4) is 0 Å². The number of nitrogens with two attached hydrogens (primary N) is 1. The van der Waals surface area contributed by atoms with Crippen LogP contribution in [0.5, 0.6) is 0 Å². The standard InChI is InChI=1S/C17H20N2O2/c1-21-12-16(13-7-3-2-4-8-13)19-15-10-6-5-9-14(15)11-17(18)20/h2-10,16,19H,11-12H2,1H3,(H2,18,20). The fourth-order valence-corrected chi connectivity index (χ4v) is 2.26. The summed E-state index contributed by atoms with van der Waals surface area (Å²) in [4.78, 5) is 11.2. The van der Waals surface area contributed by atoms with E-state index in [1.54, 1.807) is 7.11 Å². The molecule has 2 rings (SSSR count). The van der Waals surface area contributed by atoms with Crippen LogP contribution in [0, 0.1) is 0 Å². The molecular formula is C17H20N2O2. The lowest BCUT2D eigenvalue weighted by Gasteiger charge is -2.21. The van der Waals surface area contributed by atoms with Crippen LogP contribution in [0.1, 0.15) is 17.2 Å². The Labute approximate surface area is 124 Å². The molecule has 4 heteroatoms. The first-order valence-corrected chi connectivity index (χ1v) is 6.87. The molecule has 1 amide bonds. The number of carbonyl (C=O) groups is 1. The molecule has 21 heavy (non-hydrogen) atoms. The molecule has 1 unspecified atom stereocenters. The van der Waals surface area contributed by atoms with Gasteiger partial charge in [0.25, 0.3) is 0 Å². The van der Waals surface area contributed by atoms with Crippen molar-refractivity contribution in [1.29, 1.82) is 0 Å². The molecule has 0 saturated heterocycles. The molecule has 0 saturated carbocycles. The van der Waals surface area contributed by atoms with Gasteiger partial charge in [0, 0.05) is 12.8 Å². The van der Waals surface area contributed by atoms with Gasteiger partial charge in [-0.05, 0) is 17.2 Å². The average molecular weight is 284 g/mol. The maximum absolute atomic E-state index is 11.2. The largest absolute Gasteiger partial charge is 0.382 e. The van der Waals surface area contributed by atoms with Crippen LogP contribution in [0.4, 0.5) is 5.69 Å². The smallest absolute Gasteiger partial charge is 0.221 e. The van der Waals surface area contributed by atoms with Gasteiger partial charge in [0.2, 0.25) is 5.91 Å². The van der Waals surface area contributed by atoms with Crippen molar-refractivity contribution in [1.82, 2.24) is 0 Å². The minimum absolute atomic E-state index is 0.0187. The molecule has 0 fully saturated rings. The normalized spacial score (nSPS) is 11.9. The monoisotopic (exact) mass is 284 g/mol. The highest BCUT2D eigenvalue weighted by atomic mass is 16.5. The van der Waals surface area contributed by atoms with Gasteiger partial charge in [-0.2, -0.15) is 0 Å². The van der Waals surface area contributed by atoms with E-state index in [-0.39, 0.29) is 18.4 Å². The number of methoxy groups -OCH3 is 1. The van der Waals surface area contributed by atoms with E-state index in [0.717, 1.165) is 16.8 Å². The molecule has 1 atom stereocenters. The SMILES string of the molecule is COCC(Nc1ccccc1CC(N)=O)c1ccccc1. The van der Waals surface area contributed by atoms with Crippen LogP contribution in [-0.2, 0) is 16.0 Å². The second-order valence-corrected chi connectivity index (χ2v) is 4.86. The number of para-hydroxylation sites is 1. The minimum atomic E-state index is -0.341. The fourth-order valence-electron chi connectivity index (χ4n) is 2.26. The van der Waals surface area contributed by atoms with E-state index in [4.69, 9.17) is 10.5 Å². The molecule has 0 radical (unpaired) electrons. The van der Waals surface area contributed by atoms with Crippen LogP contribution in [0.2, 0.25) is 0 Å². The molecule has 0 aromatic heterocycles. The predicted molar refractivity (Wildman–Crippen MR) is 84.0 cm³/mol. The van der Waals surface area contributed by atoms with Gasteiger partial charge in [-0.1, -0.05) is 48.5 Å². The van der Waals surface area contributed by atoms with E-state index < -0.39 is 0 Å². The number of hydrogen-bond donors (Lipinski definition) is 2. The summed E-state index contributed by atoms with van der Waals surface area (Å²) in [6.07, 6.45) is 0.220. The van der Waals surface area contributed by atoms with E-state index in [9.17, 15) is 4.79 Å². The van der Waals surface area contributed by atoms with E-state index in [1.807, 2.05) is 54.6 Å². The first-order chi connectivity index (χ1) is 10.2. The lowest BCUT2D eigenvalue weighted by molar-refractivity contribution is -0.117. The van der Waals surface area contributed by atoms with Crippen LogP contribution in [0.25, 0.3) is 0 Å². The van der Waals surface area contributed by atoms with Crippen molar-refractivity contribution in [2.24, 2.45) is 5.73 Å². The molecule has 3 N–H and O–H groups in total. The summed E-state index contributed by atoms with van der Waals surface area (Å²) in [6.45, 7) is 0.537. The Morgan fingerprint density at radius 3 is 2.48 bits per heavy atom. The topological polar surface area (TPSA) is 64.3 Å². The van der Waals surface area contributed by atoms with Gasteiger partial charge in [0.05, 0.1) is 19.1 Å². The minimum Gasteiger partial charge on any atom is -0.382 e. The third-order valence-electron chi connectivity index (χ3n) is 3.25. The maximum Gasteiger partial charge on any atom is 0.221 e. The Hall–Kier alpha value is -2.33. The second-order valence-electron chi connectivity index (χ2n) is 4.86. The molecule has 0 spiro atoms. The Bertz CT molecular complexity index is 584. The lowest BCUT2D eigenvalue weighted by Crippen LogP contribution is -2.19. The zero-order valence-corrected chi connectivity index (χ0v) is 12.1. The molecule has 2 aromatic rings. The summed E-state index contributed by atoms with van der Waals surface area (Å²) in [6, 6.07) is 17.8. The predicted octanol–water partition coefficient (Wildman–Crippen LogP) is 2.51. The first kappa shape index (κ1) is 15.1. The van der Waals surface area contributed by atoms with Crippen LogP contribution >= 0.6 is 0 Å². The third-order valence-corrected chi connectivity index (χ3v) is 3.25. The van der Waals surface area contributed by atoms with Crippen molar-refractivity contribution >= 4 is 11.6 Å². The van der Waals surface area contributed by atoms with Crippen LogP contribution in [-0.4, -0.2) is 19.6 Å². The van der Waals surface area contributed by atoms with E-state index in [2.05, 4.69) is 5.32 Å². The van der Waals surface area contributed by atoms with Gasteiger partial charge in [-0.15, -0.1) is 0 Å². The van der Waals surface area contributed by atoms with Gasteiger partial charge in [0.1, 0.15) is 0 Å². The number of rotatable bonds is 7. The molecule has 2 aromatic carbocycles. The molecule has 0 aliphatic heterocycles. The maximum atomic E-state index is 11.2. The highest BCUT2D eigenvalue weighted by molar-refractivity contribution is 5.78. The van der Waals surface area contributed by atoms with Gasteiger partial charge in [-0.25, -0.2) is 0 Å². The molecular weight excluding hydrogens is 264 g/mol. The van der Waals surface area contributed by atoms with Crippen molar-refractivity contribution in [3.8, 4) is 0 Å². The summed E-state index contributed by atoms with van der Waals surface area (Å²) >= 11 is 0. The molecule has 0 aliphatic rings. The van der Waals surface area contributed by atoms with Crippen molar-refractivity contribution in [3.63, 3.8) is 0 Å². The Morgan fingerprint density at radius 2 is 1.81 bits per heavy atom. The number of primary amides is 1. The second kappa shape index (κ2) is 7.45. The number of ether oxygens (including phenoxy) is 1. The van der Waals surface area contributed by atoms with E-state index in [0.29, 0.717) is 6.61 Å². The average Bonchev–Trinajstić information content (AvgIpc) is 2.49. The Morgan fingerprint density at radius 1 is 1.14 bits per heavy atom. The van der Waals surface area contributed by atoms with Gasteiger partial charge >= 0.3 is 0 Å². The number of nitrogens with one attached hydrogen (secondary N) is 1. The van der Waals surface area contributed by atoms with E-state index >= 15 is 0 Å². The van der Waals surface area contributed by atoms with Crippen molar-refractivity contribution in [2.45, 2.75) is 12.5 Å². The zero-order valence-electron chi connectivity index (χ0n) is 12.1. The van der Waals surface area contributed by atoms with Crippen molar-refractivity contribution in [2.75, 3.05) is 19.0 Å². The zero-order chi connectivity index (χ0) is 15.1. The molecule has 4 nitrogen and oxygen atoms in total. The highest BCUT2D eigenvalue weighted by Crippen LogP contribution is 2.23. The molecule has 110 valence electrons. The molecule has 0 heterocycles. The fraction of sp³-hybridized carbons (Fsp3) is 0.235. The summed E-state index contributed by atoms with van der Waals surface area (Å²) < 4.78 is 5.30. The van der Waals surface area contributed by atoms with Crippen molar-refractivity contribution in [3.05, 3.63) is 65.7 Å². The quantitative estimate of drug-likeness (QED) is 0.821. The summed E-state index contributed by atoms with van der Waals surface area (Å²) in [5, 5.41) is 3.44. The molecule has 0 aliphatic carbocycles. The van der Waals surface area contributed by atoms with Crippen LogP contribution in [0.15, 0.2) is 54.6 Å². The van der Waals surface area contributed by atoms with Crippen molar-refractivity contribution < 1.29 is 9.53 Å². The Balaban J connectivity index is 2.23. The Kier molecular flexibility index (Phi) is 5.35. The van der Waals surface area contributed by atoms with Gasteiger partial charge in [0.15, 0.2) is 0 Å². The third kappa shape index (κ3) is 4.33. The number of benzene rings is 2. The summed E-state index contributed by atoms with van der Waals surface area (Å²) in [5.41, 5.74) is 8.23.